The Hall–Kier alpha value is -1.43. The Kier molecular flexibility index (Phi) is 4.98. The van der Waals surface area contributed by atoms with E-state index in [-0.39, 0.29) is 10.9 Å². The van der Waals surface area contributed by atoms with Crippen molar-refractivity contribution in [2.45, 2.75) is 0 Å². The molecule has 0 saturated carbocycles. The zero-order valence-electron chi connectivity index (χ0n) is 10.9. The van der Waals surface area contributed by atoms with E-state index in [0.717, 1.165) is 0 Å². The Labute approximate surface area is 140 Å². The number of nitrogens with two attached hydrogens (primary N) is 1. The van der Waals surface area contributed by atoms with Gasteiger partial charge in [-0.2, -0.15) is 0 Å². The van der Waals surface area contributed by atoms with Gasteiger partial charge in [0.2, 0.25) is 0 Å². The number of carbonyl (C=O) groups excluding carboxylic acids is 1. The van der Waals surface area contributed by atoms with Gasteiger partial charge in [0.25, 0.3) is 5.91 Å². The smallest absolute Gasteiger partial charge is 0.255 e. The van der Waals surface area contributed by atoms with Gasteiger partial charge >= 0.3 is 0 Å². The van der Waals surface area contributed by atoms with Crippen LogP contribution in [0.4, 0.5) is 11.4 Å². The van der Waals surface area contributed by atoms with Gasteiger partial charge in [0.1, 0.15) is 5.75 Å². The number of anilines is 2. The number of methoxy groups -OCH3 is 1. The van der Waals surface area contributed by atoms with Crippen LogP contribution in [0.1, 0.15) is 10.4 Å². The fourth-order valence-corrected chi connectivity index (χ4v) is 2.51. The van der Waals surface area contributed by atoms with Gasteiger partial charge in [-0.1, -0.05) is 23.2 Å². The molecule has 0 aromatic heterocycles. The summed E-state index contributed by atoms with van der Waals surface area (Å²) < 4.78 is 5.73. The normalized spacial score (nSPS) is 10.3. The lowest BCUT2D eigenvalue weighted by molar-refractivity contribution is 0.102. The Bertz CT molecular complexity index is 708. The highest BCUT2D eigenvalue weighted by Crippen LogP contribution is 2.36. The zero-order chi connectivity index (χ0) is 15.6. The first kappa shape index (κ1) is 15.9. The van der Waals surface area contributed by atoms with Gasteiger partial charge in [0, 0.05) is 21.8 Å². The maximum absolute atomic E-state index is 12.2. The zero-order valence-corrected chi connectivity index (χ0v) is 14.0. The molecule has 1 amide bonds. The molecular weight excluding hydrogens is 379 g/mol. The molecule has 0 radical (unpaired) electrons. The Balaban J connectivity index is 2.30. The molecular formula is C14H11BrCl2N2O2. The molecule has 0 spiro atoms. The lowest BCUT2D eigenvalue weighted by Crippen LogP contribution is -2.13. The van der Waals surface area contributed by atoms with Gasteiger partial charge < -0.3 is 15.8 Å². The predicted molar refractivity (Wildman–Crippen MR) is 89.5 cm³/mol. The van der Waals surface area contributed by atoms with Crippen LogP contribution >= 0.6 is 39.1 Å². The number of carbonyl (C=O) groups is 1. The molecule has 0 unspecified atom stereocenters. The van der Waals surface area contributed by atoms with E-state index in [1.165, 1.54) is 7.11 Å². The first-order valence-corrected chi connectivity index (χ1v) is 7.36. The van der Waals surface area contributed by atoms with E-state index in [9.17, 15) is 4.79 Å². The molecule has 0 heterocycles. The van der Waals surface area contributed by atoms with Gasteiger partial charge in [-0.25, -0.2) is 0 Å². The van der Waals surface area contributed by atoms with Crippen LogP contribution in [0.3, 0.4) is 0 Å². The second kappa shape index (κ2) is 6.56. The number of hydrogen-bond acceptors (Lipinski definition) is 3. The highest BCUT2D eigenvalue weighted by Gasteiger charge is 2.13. The second-order valence-electron chi connectivity index (χ2n) is 4.17. The van der Waals surface area contributed by atoms with Crippen LogP contribution in [-0.4, -0.2) is 13.0 Å². The van der Waals surface area contributed by atoms with E-state index in [2.05, 4.69) is 21.2 Å². The van der Waals surface area contributed by atoms with Crippen LogP contribution in [0, 0.1) is 0 Å². The van der Waals surface area contributed by atoms with E-state index in [1.54, 1.807) is 30.3 Å². The van der Waals surface area contributed by atoms with Crippen molar-refractivity contribution in [3.8, 4) is 5.75 Å². The highest BCUT2D eigenvalue weighted by atomic mass is 79.9. The Morgan fingerprint density at radius 3 is 2.62 bits per heavy atom. The van der Waals surface area contributed by atoms with Crippen molar-refractivity contribution >= 4 is 56.4 Å². The molecule has 0 aliphatic heterocycles. The monoisotopic (exact) mass is 388 g/mol. The maximum atomic E-state index is 12.2. The Morgan fingerprint density at radius 1 is 1.24 bits per heavy atom. The summed E-state index contributed by atoms with van der Waals surface area (Å²) >= 11 is 15.4. The minimum atomic E-state index is -0.360. The van der Waals surface area contributed by atoms with Crippen molar-refractivity contribution in [1.29, 1.82) is 0 Å². The van der Waals surface area contributed by atoms with Crippen LogP contribution < -0.4 is 15.8 Å². The third-order valence-corrected chi connectivity index (χ3v) is 4.48. The second-order valence-corrected chi connectivity index (χ2v) is 5.78. The number of amides is 1. The molecule has 0 saturated heterocycles. The summed E-state index contributed by atoms with van der Waals surface area (Å²) in [5.41, 5.74) is 6.93. The van der Waals surface area contributed by atoms with Crippen molar-refractivity contribution in [2.24, 2.45) is 0 Å². The average Bonchev–Trinajstić information content (AvgIpc) is 2.47. The van der Waals surface area contributed by atoms with Crippen molar-refractivity contribution in [1.82, 2.24) is 0 Å². The summed E-state index contributed by atoms with van der Waals surface area (Å²) in [6.07, 6.45) is 0. The average molecular weight is 390 g/mol. The highest BCUT2D eigenvalue weighted by molar-refractivity contribution is 9.10. The minimum Gasteiger partial charge on any atom is -0.497 e. The number of nitrogens with one attached hydrogen (secondary N) is 1. The van der Waals surface area contributed by atoms with Gasteiger partial charge in [-0.05, 0) is 40.2 Å². The molecule has 2 rings (SSSR count). The third kappa shape index (κ3) is 3.61. The quantitative estimate of drug-likeness (QED) is 0.595. The Morgan fingerprint density at radius 2 is 1.95 bits per heavy atom. The summed E-state index contributed by atoms with van der Waals surface area (Å²) in [5, 5.41) is 3.28. The standard InChI is InChI=1S/C14H11BrCl2N2O2/c1-21-9-5-7(4-8(18)6-9)14(20)19-11-3-2-10(15)12(16)13(11)17/h2-6H,18H2,1H3,(H,19,20). The SMILES string of the molecule is COc1cc(N)cc(C(=O)Nc2ccc(Br)c(Cl)c2Cl)c1. The number of hydrogen-bond donors (Lipinski definition) is 2. The summed E-state index contributed by atoms with van der Waals surface area (Å²) in [4.78, 5) is 12.2. The molecule has 7 heteroatoms. The first-order chi connectivity index (χ1) is 9.92. The van der Waals surface area contributed by atoms with E-state index in [4.69, 9.17) is 33.7 Å². The van der Waals surface area contributed by atoms with E-state index in [1.807, 2.05) is 0 Å². The summed E-state index contributed by atoms with van der Waals surface area (Å²) in [7, 11) is 1.50. The summed E-state index contributed by atoms with van der Waals surface area (Å²) in [6, 6.07) is 8.11. The topological polar surface area (TPSA) is 64.3 Å². The van der Waals surface area contributed by atoms with Crippen molar-refractivity contribution in [3.63, 3.8) is 0 Å². The van der Waals surface area contributed by atoms with Crippen molar-refractivity contribution < 1.29 is 9.53 Å². The van der Waals surface area contributed by atoms with Crippen molar-refractivity contribution in [3.05, 3.63) is 50.4 Å². The molecule has 0 aliphatic carbocycles. The number of halogens is 3. The van der Waals surface area contributed by atoms with Crippen LogP contribution in [0.15, 0.2) is 34.8 Å². The largest absolute Gasteiger partial charge is 0.497 e. The van der Waals surface area contributed by atoms with Gasteiger partial charge in [0.15, 0.2) is 0 Å². The molecule has 0 bridgehead atoms. The van der Waals surface area contributed by atoms with E-state index in [0.29, 0.717) is 32.2 Å². The lowest BCUT2D eigenvalue weighted by Gasteiger charge is -2.10. The first-order valence-electron chi connectivity index (χ1n) is 5.81. The molecule has 4 nitrogen and oxygen atoms in total. The molecule has 3 N–H and O–H groups in total. The molecule has 2 aromatic carbocycles. The number of ether oxygens (including phenoxy) is 1. The summed E-state index contributed by atoms with van der Waals surface area (Å²) in [5.74, 6) is 0.140. The van der Waals surface area contributed by atoms with E-state index >= 15 is 0 Å². The summed E-state index contributed by atoms with van der Waals surface area (Å²) in [6.45, 7) is 0. The van der Waals surface area contributed by atoms with Crippen molar-refractivity contribution in [2.75, 3.05) is 18.2 Å². The maximum Gasteiger partial charge on any atom is 0.255 e. The van der Waals surface area contributed by atoms with Gasteiger partial charge in [-0.15, -0.1) is 0 Å². The molecule has 0 aliphatic rings. The van der Waals surface area contributed by atoms with Gasteiger partial charge in [-0.3, -0.25) is 4.79 Å². The van der Waals surface area contributed by atoms with Crippen LogP contribution in [0.25, 0.3) is 0 Å². The van der Waals surface area contributed by atoms with Crippen LogP contribution in [0.2, 0.25) is 10.0 Å². The number of rotatable bonds is 3. The molecule has 21 heavy (non-hydrogen) atoms. The van der Waals surface area contributed by atoms with Gasteiger partial charge in [0.05, 0.1) is 22.8 Å². The molecule has 2 aromatic rings. The number of nitrogen functional groups attached to an aromatic ring is 1. The minimum absolute atomic E-state index is 0.259. The lowest BCUT2D eigenvalue weighted by atomic mass is 10.1. The van der Waals surface area contributed by atoms with E-state index < -0.39 is 0 Å². The molecule has 0 fully saturated rings. The third-order valence-electron chi connectivity index (χ3n) is 2.71. The molecule has 0 atom stereocenters. The van der Waals surface area contributed by atoms with Crippen LogP contribution in [0.5, 0.6) is 5.75 Å². The van der Waals surface area contributed by atoms with Crippen LogP contribution in [-0.2, 0) is 0 Å². The predicted octanol–water partition coefficient (Wildman–Crippen LogP) is 4.60. The molecule has 110 valence electrons. The fraction of sp³-hybridized carbons (Fsp3) is 0.0714. The number of benzene rings is 2. The fourth-order valence-electron chi connectivity index (χ4n) is 1.69.